The number of aromatic amines is 1. The maximum atomic E-state index is 5.92. The molecule has 0 aliphatic carbocycles. The third kappa shape index (κ3) is 4.28. The minimum Gasteiger partial charge on any atom is -0.490 e. The van der Waals surface area contributed by atoms with Crippen LogP contribution in [0.5, 0.6) is 11.5 Å². The lowest BCUT2D eigenvalue weighted by atomic mass is 10.1. The van der Waals surface area contributed by atoms with Crippen molar-refractivity contribution in [2.24, 2.45) is 0 Å². The topological polar surface area (TPSA) is 50.4 Å². The van der Waals surface area contributed by atoms with Crippen molar-refractivity contribution >= 4 is 33.8 Å². The van der Waals surface area contributed by atoms with Gasteiger partial charge in [0.15, 0.2) is 11.5 Å². The molecular weight excluding hydrogens is 370 g/mol. The number of hydrogen-bond donors (Lipinski definition) is 1. The molecule has 1 aromatic heterocycles. The summed E-state index contributed by atoms with van der Waals surface area (Å²) in [5.41, 5.74) is 3.73. The largest absolute Gasteiger partial charge is 0.490 e. The Balaban J connectivity index is 1.98. The number of para-hydroxylation sites is 1. The number of nitrogens with zero attached hydrogens (tertiary/aromatic N) is 2. The number of hydrogen-bond acceptors (Lipinski definition) is 5. The first-order valence-corrected chi connectivity index (χ1v) is 10.1. The summed E-state index contributed by atoms with van der Waals surface area (Å²) in [4.78, 5) is 10.8. The first-order chi connectivity index (χ1) is 13.5. The maximum Gasteiger partial charge on any atom is 0.163 e. The Hall–Kier alpha value is -2.60. The summed E-state index contributed by atoms with van der Waals surface area (Å²) < 4.78 is 11.7. The van der Waals surface area contributed by atoms with Gasteiger partial charge in [-0.3, -0.25) is 0 Å². The third-order valence-corrected chi connectivity index (χ3v) is 4.86. The van der Waals surface area contributed by atoms with Gasteiger partial charge in [-0.05, 0) is 19.4 Å². The van der Waals surface area contributed by atoms with Gasteiger partial charge in [-0.15, -0.1) is 0 Å². The molecule has 0 unspecified atom stereocenters. The van der Waals surface area contributed by atoms with Crippen molar-refractivity contribution in [2.75, 3.05) is 32.2 Å². The summed E-state index contributed by atoms with van der Waals surface area (Å²) >= 11 is 5.75. The zero-order valence-corrected chi connectivity index (χ0v) is 17.7. The second-order valence-electron chi connectivity index (χ2n) is 6.78. The molecule has 5 nitrogen and oxygen atoms in total. The molecule has 2 aromatic carbocycles. The lowest BCUT2D eigenvalue weighted by Gasteiger charge is -2.17. The molecule has 0 aliphatic heterocycles. The molecule has 0 radical (unpaired) electrons. The van der Waals surface area contributed by atoms with Crippen molar-refractivity contribution in [3.63, 3.8) is 0 Å². The zero-order valence-electron chi connectivity index (χ0n) is 16.9. The van der Waals surface area contributed by atoms with Crippen molar-refractivity contribution in [2.45, 2.75) is 26.7 Å². The molecule has 1 heterocycles. The number of H-pyrrole nitrogens is 1. The summed E-state index contributed by atoms with van der Waals surface area (Å²) in [6.07, 6.45) is 2.08. The van der Waals surface area contributed by atoms with Gasteiger partial charge >= 0.3 is 0 Å². The van der Waals surface area contributed by atoms with Crippen LogP contribution < -0.4 is 14.4 Å². The van der Waals surface area contributed by atoms with Crippen molar-refractivity contribution < 1.29 is 9.47 Å². The van der Waals surface area contributed by atoms with Crippen LogP contribution in [0.25, 0.3) is 11.0 Å². The van der Waals surface area contributed by atoms with E-state index in [-0.39, 0.29) is 0 Å². The zero-order chi connectivity index (χ0) is 20.1. The number of unbranched alkanes of at least 4 members (excludes halogenated alkanes) is 1. The Morgan fingerprint density at radius 1 is 1.11 bits per heavy atom. The predicted octanol–water partition coefficient (Wildman–Crippen LogP) is 4.97. The van der Waals surface area contributed by atoms with E-state index in [0.717, 1.165) is 46.6 Å². The monoisotopic (exact) mass is 397 g/mol. The average Bonchev–Trinajstić information content (AvgIpc) is 3.10. The Bertz CT molecular complexity index is 966. The van der Waals surface area contributed by atoms with Crippen LogP contribution in [0.3, 0.4) is 0 Å². The van der Waals surface area contributed by atoms with E-state index in [2.05, 4.69) is 22.9 Å². The number of nitrogens with one attached hydrogen (secondary N) is 1. The molecule has 28 heavy (non-hydrogen) atoms. The van der Waals surface area contributed by atoms with Gasteiger partial charge in [0.05, 0.1) is 29.1 Å². The van der Waals surface area contributed by atoms with Crippen molar-refractivity contribution in [3.05, 3.63) is 47.8 Å². The molecule has 0 atom stereocenters. The molecule has 0 spiro atoms. The fraction of sp³-hybridized carbons (Fsp3) is 0.364. The molecule has 1 N–H and O–H groups in total. The smallest absolute Gasteiger partial charge is 0.163 e. The standard InChI is InChI=1S/C22H27N3O2S/c1-5-7-12-27-20-14-17-16(13-19(20)26-6-2)23-22(24-17)21(28)15-10-8-9-11-18(15)25(3)4/h8-11,13-14H,5-7,12H2,1-4H3,(H,23,24). The molecule has 3 aromatic rings. The van der Waals surface area contributed by atoms with E-state index in [1.165, 1.54) is 0 Å². The summed E-state index contributed by atoms with van der Waals surface area (Å²) in [6, 6.07) is 11.9. The van der Waals surface area contributed by atoms with Crippen molar-refractivity contribution in [1.29, 1.82) is 0 Å². The predicted molar refractivity (Wildman–Crippen MR) is 119 cm³/mol. The molecule has 0 amide bonds. The normalized spacial score (nSPS) is 10.9. The number of thiocarbonyl (C=S) groups is 1. The highest BCUT2D eigenvalue weighted by Crippen LogP contribution is 2.32. The van der Waals surface area contributed by atoms with Gasteiger partial charge in [0.25, 0.3) is 0 Å². The van der Waals surface area contributed by atoms with E-state index in [4.69, 9.17) is 26.7 Å². The number of fused-ring (bicyclic) bond motifs is 1. The van der Waals surface area contributed by atoms with Crippen LogP contribution in [0.1, 0.15) is 38.1 Å². The van der Waals surface area contributed by atoms with Gasteiger partial charge in [-0.25, -0.2) is 4.98 Å². The second kappa shape index (κ2) is 9.06. The van der Waals surface area contributed by atoms with E-state index in [1.54, 1.807) is 0 Å². The number of benzene rings is 2. The molecule has 6 heteroatoms. The number of imidazole rings is 1. The summed E-state index contributed by atoms with van der Waals surface area (Å²) in [7, 11) is 4.02. The van der Waals surface area contributed by atoms with E-state index < -0.39 is 0 Å². The first-order valence-electron chi connectivity index (χ1n) is 9.65. The van der Waals surface area contributed by atoms with Crippen LogP contribution in [-0.2, 0) is 0 Å². The quantitative estimate of drug-likeness (QED) is 0.314. The van der Waals surface area contributed by atoms with Gasteiger partial charge < -0.3 is 19.4 Å². The number of ether oxygens (including phenoxy) is 2. The van der Waals surface area contributed by atoms with Gasteiger partial charge in [0, 0.05) is 37.5 Å². The fourth-order valence-electron chi connectivity index (χ4n) is 3.02. The van der Waals surface area contributed by atoms with Crippen LogP contribution in [0.15, 0.2) is 36.4 Å². The second-order valence-corrected chi connectivity index (χ2v) is 7.19. The van der Waals surface area contributed by atoms with E-state index in [0.29, 0.717) is 23.9 Å². The highest BCUT2D eigenvalue weighted by Gasteiger charge is 2.16. The lowest BCUT2D eigenvalue weighted by molar-refractivity contribution is 0.273. The van der Waals surface area contributed by atoms with Crippen molar-refractivity contribution in [3.8, 4) is 11.5 Å². The van der Waals surface area contributed by atoms with Crippen LogP contribution in [0.2, 0.25) is 0 Å². The van der Waals surface area contributed by atoms with Gasteiger partial charge in [0.1, 0.15) is 5.82 Å². The van der Waals surface area contributed by atoms with Crippen molar-refractivity contribution in [1.82, 2.24) is 9.97 Å². The Labute approximate surface area is 171 Å². The number of rotatable bonds is 9. The highest BCUT2D eigenvalue weighted by molar-refractivity contribution is 7.81. The molecule has 148 valence electrons. The molecule has 0 bridgehead atoms. The average molecular weight is 398 g/mol. The van der Waals surface area contributed by atoms with Gasteiger partial charge in [0.2, 0.25) is 0 Å². The molecule has 0 saturated heterocycles. The number of anilines is 1. The van der Waals surface area contributed by atoms with Gasteiger partial charge in [-0.1, -0.05) is 43.8 Å². The molecule has 0 saturated carbocycles. The lowest BCUT2D eigenvalue weighted by Crippen LogP contribution is -2.14. The minimum atomic E-state index is 0.575. The molecule has 0 fully saturated rings. The summed E-state index contributed by atoms with van der Waals surface area (Å²) in [6.45, 7) is 5.34. The SMILES string of the molecule is CCCCOc1cc2nc(C(=S)c3ccccc3N(C)C)[nH]c2cc1OCC. The summed E-state index contributed by atoms with van der Waals surface area (Å²) in [5, 5.41) is 0. The summed E-state index contributed by atoms with van der Waals surface area (Å²) in [5.74, 6) is 2.12. The Morgan fingerprint density at radius 2 is 1.86 bits per heavy atom. The molecular formula is C22H27N3O2S. The van der Waals surface area contributed by atoms with E-state index in [1.807, 2.05) is 51.4 Å². The van der Waals surface area contributed by atoms with Crippen LogP contribution in [0, 0.1) is 0 Å². The fourth-order valence-corrected chi connectivity index (χ4v) is 3.29. The Morgan fingerprint density at radius 3 is 2.57 bits per heavy atom. The van der Waals surface area contributed by atoms with E-state index >= 15 is 0 Å². The number of aromatic nitrogens is 2. The minimum absolute atomic E-state index is 0.575. The Kier molecular flexibility index (Phi) is 6.52. The van der Waals surface area contributed by atoms with Crippen LogP contribution in [0.4, 0.5) is 5.69 Å². The maximum absolute atomic E-state index is 5.92. The molecule has 3 rings (SSSR count). The van der Waals surface area contributed by atoms with E-state index in [9.17, 15) is 0 Å². The van der Waals surface area contributed by atoms with Crippen LogP contribution in [-0.4, -0.2) is 42.1 Å². The highest BCUT2D eigenvalue weighted by atomic mass is 32.1. The van der Waals surface area contributed by atoms with Gasteiger partial charge in [-0.2, -0.15) is 0 Å². The molecule has 0 aliphatic rings. The van der Waals surface area contributed by atoms with Crippen LogP contribution >= 0.6 is 12.2 Å². The first kappa shape index (κ1) is 20.1. The third-order valence-electron chi connectivity index (χ3n) is 4.45.